The molecule has 1 aromatic heterocycles. The first-order valence-corrected chi connectivity index (χ1v) is 11.4. The molecule has 1 heterocycles. The molecule has 0 amide bonds. The zero-order valence-corrected chi connectivity index (χ0v) is 19.1. The molecule has 31 heavy (non-hydrogen) atoms. The van der Waals surface area contributed by atoms with Gasteiger partial charge in [-0.3, -0.25) is 4.79 Å². The Labute approximate surface area is 183 Å². The van der Waals surface area contributed by atoms with E-state index in [0.717, 1.165) is 22.4 Å². The maximum atomic E-state index is 13.4. The summed E-state index contributed by atoms with van der Waals surface area (Å²) in [6, 6.07) is 13.6. The third kappa shape index (κ3) is 5.11. The Hall–Kier alpha value is -3.19. The number of hydrogen-bond donors (Lipinski definition) is 1. The highest BCUT2D eigenvalue weighted by Crippen LogP contribution is 2.32. The van der Waals surface area contributed by atoms with E-state index in [1.165, 1.54) is 19.1 Å². The van der Waals surface area contributed by atoms with Crippen LogP contribution in [0, 0.1) is 27.7 Å². The first-order chi connectivity index (χ1) is 14.6. The summed E-state index contributed by atoms with van der Waals surface area (Å²) in [6.45, 7) is 9.23. The summed E-state index contributed by atoms with van der Waals surface area (Å²) in [5.41, 5.74) is 5.43. The molecule has 3 rings (SSSR count). The number of anilines is 2. The summed E-state index contributed by atoms with van der Waals surface area (Å²) in [6.07, 6.45) is 0. The van der Waals surface area contributed by atoms with Crippen LogP contribution in [0.25, 0.3) is 0 Å². The van der Waals surface area contributed by atoms with Crippen LogP contribution in [0.3, 0.4) is 0 Å². The SMILES string of the molecule is CC(=O)OCc1ccc(S(=O)(=O)c2ccc(C)nc2Nc2c(C)cc(C)cc2C)cc1. The van der Waals surface area contributed by atoms with Gasteiger partial charge in [0.05, 0.1) is 4.90 Å². The summed E-state index contributed by atoms with van der Waals surface area (Å²) in [4.78, 5) is 15.7. The molecule has 3 aromatic rings. The van der Waals surface area contributed by atoms with Gasteiger partial charge in [-0.25, -0.2) is 13.4 Å². The molecule has 0 bridgehead atoms. The first kappa shape index (κ1) is 22.5. The van der Waals surface area contributed by atoms with Crippen molar-refractivity contribution in [3.05, 3.63) is 76.5 Å². The van der Waals surface area contributed by atoms with Crippen LogP contribution in [0.15, 0.2) is 58.3 Å². The van der Waals surface area contributed by atoms with Crippen LogP contribution in [0.4, 0.5) is 11.5 Å². The number of carbonyl (C=O) groups excluding carboxylic acids is 1. The molecule has 0 aliphatic heterocycles. The molecule has 0 atom stereocenters. The Bertz CT molecular complexity index is 1210. The molecule has 0 aliphatic carbocycles. The van der Waals surface area contributed by atoms with Crippen molar-refractivity contribution in [2.75, 3.05) is 5.32 Å². The third-order valence-electron chi connectivity index (χ3n) is 4.88. The highest BCUT2D eigenvalue weighted by atomic mass is 32.2. The maximum absolute atomic E-state index is 13.4. The quantitative estimate of drug-likeness (QED) is 0.548. The van der Waals surface area contributed by atoms with E-state index >= 15 is 0 Å². The van der Waals surface area contributed by atoms with Gasteiger partial charge in [0.2, 0.25) is 9.84 Å². The van der Waals surface area contributed by atoms with Crippen molar-refractivity contribution in [3.63, 3.8) is 0 Å². The van der Waals surface area contributed by atoms with Gasteiger partial charge in [0.25, 0.3) is 0 Å². The fourth-order valence-corrected chi connectivity index (χ4v) is 4.77. The highest BCUT2D eigenvalue weighted by molar-refractivity contribution is 7.91. The lowest BCUT2D eigenvalue weighted by Gasteiger charge is -2.17. The molecular weight excluding hydrogens is 412 g/mol. The van der Waals surface area contributed by atoms with E-state index in [1.807, 2.05) is 39.8 Å². The molecule has 1 N–H and O–H groups in total. The highest BCUT2D eigenvalue weighted by Gasteiger charge is 2.23. The standard InChI is InChI=1S/C24H26N2O4S/c1-15-12-16(2)23(17(3)13-15)26-24-22(11-6-18(4)25-24)31(28,29)21-9-7-20(8-10-21)14-30-19(5)27/h6-13H,14H2,1-5H3,(H,25,26). The van der Waals surface area contributed by atoms with Crippen LogP contribution < -0.4 is 5.32 Å². The summed E-state index contributed by atoms with van der Waals surface area (Å²) < 4.78 is 31.7. The molecule has 0 saturated heterocycles. The minimum Gasteiger partial charge on any atom is -0.461 e. The number of sulfone groups is 1. The van der Waals surface area contributed by atoms with Gasteiger partial charge in [0.1, 0.15) is 17.3 Å². The zero-order valence-electron chi connectivity index (χ0n) is 18.3. The van der Waals surface area contributed by atoms with E-state index in [0.29, 0.717) is 17.1 Å². The summed E-state index contributed by atoms with van der Waals surface area (Å²) in [7, 11) is -3.82. The number of aryl methyl sites for hydroxylation is 4. The monoisotopic (exact) mass is 438 g/mol. The molecular formula is C24H26N2O4S. The maximum Gasteiger partial charge on any atom is 0.302 e. The fraction of sp³-hybridized carbons (Fsp3) is 0.250. The minimum absolute atomic E-state index is 0.0977. The Kier molecular flexibility index (Phi) is 6.45. The predicted molar refractivity (Wildman–Crippen MR) is 120 cm³/mol. The van der Waals surface area contributed by atoms with Crippen molar-refractivity contribution in [2.24, 2.45) is 0 Å². The second-order valence-corrected chi connectivity index (χ2v) is 9.54. The summed E-state index contributed by atoms with van der Waals surface area (Å²) >= 11 is 0. The summed E-state index contributed by atoms with van der Waals surface area (Å²) in [5, 5.41) is 3.25. The molecule has 7 heteroatoms. The van der Waals surface area contributed by atoms with Gasteiger partial charge in [0, 0.05) is 18.3 Å². The number of rotatable bonds is 6. The van der Waals surface area contributed by atoms with Crippen molar-refractivity contribution in [2.45, 2.75) is 51.0 Å². The minimum atomic E-state index is -3.82. The van der Waals surface area contributed by atoms with Crippen LogP contribution in [-0.2, 0) is 26.0 Å². The summed E-state index contributed by atoms with van der Waals surface area (Å²) in [5.74, 6) is -0.0983. The number of esters is 1. The fourth-order valence-electron chi connectivity index (χ4n) is 3.42. The van der Waals surface area contributed by atoms with Crippen LogP contribution in [0.2, 0.25) is 0 Å². The average molecular weight is 439 g/mol. The van der Waals surface area contributed by atoms with E-state index in [4.69, 9.17) is 4.74 Å². The number of nitrogens with one attached hydrogen (secondary N) is 1. The van der Waals surface area contributed by atoms with E-state index in [9.17, 15) is 13.2 Å². The van der Waals surface area contributed by atoms with Gasteiger partial charge in [-0.05, 0) is 68.7 Å². The molecule has 0 radical (unpaired) electrons. The molecule has 0 unspecified atom stereocenters. The molecule has 0 saturated carbocycles. The average Bonchev–Trinajstić information content (AvgIpc) is 2.69. The van der Waals surface area contributed by atoms with Gasteiger partial charge in [-0.1, -0.05) is 29.8 Å². The van der Waals surface area contributed by atoms with Gasteiger partial charge < -0.3 is 10.1 Å². The van der Waals surface area contributed by atoms with Crippen LogP contribution in [0.1, 0.15) is 34.9 Å². The smallest absolute Gasteiger partial charge is 0.302 e. The Morgan fingerprint density at radius 3 is 2.16 bits per heavy atom. The number of aromatic nitrogens is 1. The van der Waals surface area contributed by atoms with E-state index in [2.05, 4.69) is 10.3 Å². The van der Waals surface area contributed by atoms with Crippen molar-refractivity contribution >= 4 is 27.3 Å². The molecule has 2 aromatic carbocycles. The number of pyridine rings is 1. The topological polar surface area (TPSA) is 85.4 Å². The van der Waals surface area contributed by atoms with Gasteiger partial charge in [-0.15, -0.1) is 0 Å². The predicted octanol–water partition coefficient (Wildman–Crippen LogP) is 4.95. The van der Waals surface area contributed by atoms with Crippen molar-refractivity contribution in [1.82, 2.24) is 4.98 Å². The number of benzene rings is 2. The molecule has 6 nitrogen and oxygen atoms in total. The molecule has 0 fully saturated rings. The van der Waals surface area contributed by atoms with Crippen molar-refractivity contribution in [3.8, 4) is 0 Å². The largest absolute Gasteiger partial charge is 0.461 e. The Morgan fingerprint density at radius 2 is 1.58 bits per heavy atom. The van der Waals surface area contributed by atoms with E-state index in [1.54, 1.807) is 24.3 Å². The van der Waals surface area contributed by atoms with Gasteiger partial charge >= 0.3 is 5.97 Å². The zero-order chi connectivity index (χ0) is 22.8. The van der Waals surface area contributed by atoms with Gasteiger partial charge in [0.15, 0.2) is 0 Å². The van der Waals surface area contributed by atoms with E-state index < -0.39 is 9.84 Å². The van der Waals surface area contributed by atoms with Crippen LogP contribution in [0.5, 0.6) is 0 Å². The molecule has 162 valence electrons. The lowest BCUT2D eigenvalue weighted by molar-refractivity contribution is -0.142. The molecule has 0 aliphatic rings. The normalized spacial score (nSPS) is 11.3. The first-order valence-electron chi connectivity index (χ1n) is 9.88. The Morgan fingerprint density at radius 1 is 0.968 bits per heavy atom. The lowest BCUT2D eigenvalue weighted by Crippen LogP contribution is -2.09. The number of ether oxygens (including phenoxy) is 1. The third-order valence-corrected chi connectivity index (χ3v) is 6.68. The van der Waals surface area contributed by atoms with E-state index in [-0.39, 0.29) is 22.4 Å². The van der Waals surface area contributed by atoms with Crippen molar-refractivity contribution < 1.29 is 17.9 Å². The van der Waals surface area contributed by atoms with Gasteiger partial charge in [-0.2, -0.15) is 0 Å². The lowest BCUT2D eigenvalue weighted by atomic mass is 10.1. The van der Waals surface area contributed by atoms with Crippen molar-refractivity contribution in [1.29, 1.82) is 0 Å². The Balaban J connectivity index is 2.00. The number of nitrogens with zero attached hydrogens (tertiary/aromatic N) is 1. The van der Waals surface area contributed by atoms with Crippen LogP contribution >= 0.6 is 0 Å². The van der Waals surface area contributed by atoms with Crippen LogP contribution in [-0.4, -0.2) is 19.4 Å². The second kappa shape index (κ2) is 8.89. The second-order valence-electron chi connectivity index (χ2n) is 7.63. The number of hydrogen-bond acceptors (Lipinski definition) is 6. The molecule has 0 spiro atoms. The number of carbonyl (C=O) groups is 1.